The Kier molecular flexibility index (Phi) is 9.72. The molecule has 0 aromatic heterocycles. The van der Waals surface area contributed by atoms with Crippen LogP contribution in [0.5, 0.6) is 0 Å². The minimum Gasteiger partial charge on any atom is -0.466 e. The lowest BCUT2D eigenvalue weighted by atomic mass is 9.88. The predicted octanol–water partition coefficient (Wildman–Crippen LogP) is 3.86. The van der Waals surface area contributed by atoms with E-state index < -0.39 is 23.6 Å². The molecule has 3 aromatic carbocycles. The molecule has 0 saturated carbocycles. The Balaban J connectivity index is 1.19. The van der Waals surface area contributed by atoms with E-state index in [4.69, 9.17) is 15.2 Å². The SMILES string of the molecule is CCOC(=O)CC1(O)CCN(CC2CN(c3ccc(C(N)=NC(=O)C(c4ccccc4)c4ccccc4)cc3)C(=O)O2)CC1. The fourth-order valence-electron chi connectivity index (χ4n) is 5.75. The van der Waals surface area contributed by atoms with Gasteiger partial charge in [0.1, 0.15) is 11.9 Å². The van der Waals surface area contributed by atoms with Gasteiger partial charge < -0.3 is 20.3 Å². The van der Waals surface area contributed by atoms with Gasteiger partial charge in [0.15, 0.2) is 0 Å². The van der Waals surface area contributed by atoms with Gasteiger partial charge in [-0.1, -0.05) is 60.7 Å². The lowest BCUT2D eigenvalue weighted by Crippen LogP contribution is -2.48. The van der Waals surface area contributed by atoms with E-state index in [1.807, 2.05) is 60.7 Å². The minimum absolute atomic E-state index is 0.0130. The maximum Gasteiger partial charge on any atom is 0.414 e. The van der Waals surface area contributed by atoms with E-state index in [1.54, 1.807) is 36.1 Å². The third-order valence-corrected chi connectivity index (χ3v) is 8.12. The van der Waals surface area contributed by atoms with Crippen LogP contribution in [0.4, 0.5) is 10.5 Å². The van der Waals surface area contributed by atoms with Gasteiger partial charge in [-0.2, -0.15) is 4.99 Å². The molecule has 44 heavy (non-hydrogen) atoms. The Labute approximate surface area is 257 Å². The summed E-state index contributed by atoms with van der Waals surface area (Å²) in [6.07, 6.45) is 0.0988. The molecule has 0 radical (unpaired) electrons. The second kappa shape index (κ2) is 13.8. The van der Waals surface area contributed by atoms with Gasteiger partial charge in [0.25, 0.3) is 5.91 Å². The number of ether oxygens (including phenoxy) is 2. The first-order valence-electron chi connectivity index (χ1n) is 14.9. The number of piperidine rings is 1. The molecule has 2 amide bonds. The standard InChI is InChI=1S/C34H38N4O6/c1-2-43-29(39)21-34(42)17-19-37(20-18-34)22-28-23-38(33(41)44-28)27-15-13-26(14-16-27)31(35)36-32(40)30(24-9-5-3-6-10-24)25-11-7-4-8-12-25/h3-16,28,30,42H,2,17-23H2,1H3,(H2,35,36,40). The molecule has 2 saturated heterocycles. The number of amides is 2. The van der Waals surface area contributed by atoms with Crippen molar-refractivity contribution in [1.29, 1.82) is 0 Å². The van der Waals surface area contributed by atoms with Gasteiger partial charge in [0, 0.05) is 30.9 Å². The van der Waals surface area contributed by atoms with Crippen molar-refractivity contribution >= 4 is 29.5 Å². The van der Waals surface area contributed by atoms with Crippen LogP contribution in [0.2, 0.25) is 0 Å². The summed E-state index contributed by atoms with van der Waals surface area (Å²) < 4.78 is 10.6. The molecule has 0 bridgehead atoms. The summed E-state index contributed by atoms with van der Waals surface area (Å²) in [4.78, 5) is 45.9. The molecule has 5 rings (SSSR count). The van der Waals surface area contributed by atoms with E-state index in [0.717, 1.165) is 11.1 Å². The summed E-state index contributed by atoms with van der Waals surface area (Å²) >= 11 is 0. The minimum atomic E-state index is -1.07. The fourth-order valence-corrected chi connectivity index (χ4v) is 5.75. The van der Waals surface area contributed by atoms with Crippen molar-refractivity contribution in [3.63, 3.8) is 0 Å². The molecular weight excluding hydrogens is 560 g/mol. The number of cyclic esters (lactones) is 1. The van der Waals surface area contributed by atoms with Crippen LogP contribution in [0.15, 0.2) is 89.9 Å². The second-order valence-corrected chi connectivity index (χ2v) is 11.3. The van der Waals surface area contributed by atoms with Crippen LogP contribution in [0.3, 0.4) is 0 Å². The molecular formula is C34H38N4O6. The summed E-state index contributed by atoms with van der Waals surface area (Å²) in [5.74, 6) is -1.25. The second-order valence-electron chi connectivity index (χ2n) is 11.3. The molecule has 2 aliphatic heterocycles. The van der Waals surface area contributed by atoms with Crippen LogP contribution in [-0.2, 0) is 19.1 Å². The normalized spacial score (nSPS) is 18.7. The summed E-state index contributed by atoms with van der Waals surface area (Å²) in [6.45, 7) is 4.11. The quantitative estimate of drug-likeness (QED) is 0.204. The Morgan fingerprint density at radius 2 is 1.59 bits per heavy atom. The van der Waals surface area contributed by atoms with Gasteiger partial charge in [-0.25, -0.2) is 4.79 Å². The zero-order valence-electron chi connectivity index (χ0n) is 24.8. The van der Waals surface area contributed by atoms with Crippen LogP contribution in [-0.4, -0.2) is 78.3 Å². The zero-order chi connectivity index (χ0) is 31.1. The zero-order valence-corrected chi connectivity index (χ0v) is 24.8. The molecule has 1 unspecified atom stereocenters. The average molecular weight is 599 g/mol. The number of carbonyl (C=O) groups is 3. The number of esters is 1. The van der Waals surface area contributed by atoms with E-state index >= 15 is 0 Å². The third kappa shape index (κ3) is 7.50. The molecule has 10 heteroatoms. The Morgan fingerprint density at radius 3 is 2.16 bits per heavy atom. The van der Waals surface area contributed by atoms with Crippen molar-refractivity contribution in [1.82, 2.24) is 4.90 Å². The van der Waals surface area contributed by atoms with Crippen molar-refractivity contribution in [2.45, 2.75) is 43.8 Å². The highest BCUT2D eigenvalue weighted by molar-refractivity contribution is 6.06. The number of amidine groups is 1. The molecule has 3 aromatic rings. The summed E-state index contributed by atoms with van der Waals surface area (Å²) in [5.41, 5.74) is 8.08. The van der Waals surface area contributed by atoms with Crippen LogP contribution in [0.1, 0.15) is 48.8 Å². The van der Waals surface area contributed by atoms with E-state index in [-0.39, 0.29) is 30.9 Å². The summed E-state index contributed by atoms with van der Waals surface area (Å²) in [5, 5.41) is 10.8. The number of nitrogens with two attached hydrogens (primary N) is 1. The molecule has 2 fully saturated rings. The molecule has 230 valence electrons. The Bertz CT molecular complexity index is 1430. The third-order valence-electron chi connectivity index (χ3n) is 8.12. The molecule has 2 aliphatic rings. The summed E-state index contributed by atoms with van der Waals surface area (Å²) in [6, 6.07) is 25.9. The molecule has 1 atom stereocenters. The number of benzene rings is 3. The number of nitrogens with zero attached hydrogens (tertiary/aromatic N) is 3. The van der Waals surface area contributed by atoms with Crippen LogP contribution < -0.4 is 10.6 Å². The highest BCUT2D eigenvalue weighted by Gasteiger charge is 2.38. The molecule has 2 heterocycles. The van der Waals surface area contributed by atoms with Crippen molar-refractivity contribution in [3.05, 3.63) is 102 Å². The Hall–Kier alpha value is -4.54. The van der Waals surface area contributed by atoms with E-state index in [2.05, 4.69) is 9.89 Å². The van der Waals surface area contributed by atoms with Gasteiger partial charge in [-0.05, 0) is 55.2 Å². The van der Waals surface area contributed by atoms with Crippen molar-refractivity contribution in [2.24, 2.45) is 10.7 Å². The van der Waals surface area contributed by atoms with Gasteiger partial charge in [0.05, 0.1) is 31.1 Å². The van der Waals surface area contributed by atoms with Gasteiger partial charge >= 0.3 is 12.1 Å². The van der Waals surface area contributed by atoms with Crippen LogP contribution in [0.25, 0.3) is 0 Å². The van der Waals surface area contributed by atoms with Gasteiger partial charge in [-0.3, -0.25) is 19.4 Å². The van der Waals surface area contributed by atoms with Crippen LogP contribution in [0, 0.1) is 0 Å². The monoisotopic (exact) mass is 598 g/mol. The van der Waals surface area contributed by atoms with E-state index in [9.17, 15) is 19.5 Å². The van der Waals surface area contributed by atoms with Crippen LogP contribution >= 0.6 is 0 Å². The Morgan fingerprint density at radius 1 is 1.00 bits per heavy atom. The first kappa shape index (κ1) is 30.9. The van der Waals surface area contributed by atoms with E-state index in [1.165, 1.54) is 0 Å². The number of likely N-dealkylation sites (tertiary alicyclic amines) is 1. The lowest BCUT2D eigenvalue weighted by molar-refractivity contribution is -0.150. The number of carbonyl (C=O) groups excluding carboxylic acids is 3. The molecule has 0 aliphatic carbocycles. The maximum absolute atomic E-state index is 13.4. The predicted molar refractivity (Wildman–Crippen MR) is 166 cm³/mol. The first-order valence-corrected chi connectivity index (χ1v) is 14.9. The van der Waals surface area contributed by atoms with E-state index in [0.29, 0.717) is 50.3 Å². The highest BCUT2D eigenvalue weighted by Crippen LogP contribution is 2.29. The molecule has 0 spiro atoms. The maximum atomic E-state index is 13.4. The van der Waals surface area contributed by atoms with Crippen molar-refractivity contribution in [3.8, 4) is 0 Å². The van der Waals surface area contributed by atoms with Crippen molar-refractivity contribution < 1.29 is 29.0 Å². The number of hydrogen-bond donors (Lipinski definition) is 2. The number of rotatable bonds is 10. The number of anilines is 1. The van der Waals surface area contributed by atoms with Crippen molar-refractivity contribution in [2.75, 3.05) is 37.7 Å². The fraction of sp³-hybridized carbons (Fsp3) is 0.353. The lowest BCUT2D eigenvalue weighted by Gasteiger charge is -2.38. The van der Waals surface area contributed by atoms with Gasteiger partial charge in [-0.15, -0.1) is 0 Å². The average Bonchev–Trinajstić information content (AvgIpc) is 3.39. The highest BCUT2D eigenvalue weighted by atomic mass is 16.6. The summed E-state index contributed by atoms with van der Waals surface area (Å²) in [7, 11) is 0. The molecule has 3 N–H and O–H groups in total. The molecule has 10 nitrogen and oxygen atoms in total. The largest absolute Gasteiger partial charge is 0.466 e. The smallest absolute Gasteiger partial charge is 0.414 e. The number of aliphatic hydroxyl groups is 1. The number of aliphatic imine (C=N–C) groups is 1. The topological polar surface area (TPSA) is 135 Å². The van der Waals surface area contributed by atoms with Gasteiger partial charge in [0.2, 0.25) is 0 Å². The number of hydrogen-bond acceptors (Lipinski definition) is 7. The first-order chi connectivity index (χ1) is 21.2.